The molecule has 4 aromatic carbocycles. The Kier molecular flexibility index (Phi) is 8.55. The second kappa shape index (κ2) is 12.2. The molecule has 0 aliphatic heterocycles. The molecule has 0 saturated carbocycles. The van der Waals surface area contributed by atoms with Crippen LogP contribution in [0.15, 0.2) is 102 Å². The van der Waals surface area contributed by atoms with Gasteiger partial charge in [-0.3, -0.25) is 4.79 Å². The Morgan fingerprint density at radius 2 is 1.61 bits per heavy atom. The number of nitrogens with one attached hydrogen (secondary N) is 1. The number of hydrazone groups is 1. The molecule has 38 heavy (non-hydrogen) atoms. The van der Waals surface area contributed by atoms with Crippen molar-refractivity contribution in [2.75, 3.05) is 0 Å². The van der Waals surface area contributed by atoms with Crippen LogP contribution in [0.4, 0.5) is 0 Å². The maximum absolute atomic E-state index is 13.2. The lowest BCUT2D eigenvalue weighted by molar-refractivity contribution is 0.0956. The van der Waals surface area contributed by atoms with Crippen molar-refractivity contribution in [3.8, 4) is 17.0 Å². The number of para-hydroxylation sites is 1. The Bertz CT molecular complexity index is 1620. The fourth-order valence-electron chi connectivity index (χ4n) is 3.87. The molecule has 5 nitrogen and oxygen atoms in total. The lowest BCUT2D eigenvalue weighted by atomic mass is 10.0. The number of pyridine rings is 1. The number of carbonyl (C=O) groups is 1. The largest absolute Gasteiger partial charge is 0.487 e. The quantitative estimate of drug-likeness (QED) is 0.104. The molecule has 0 spiro atoms. The molecule has 5 rings (SSSR count). The Morgan fingerprint density at radius 3 is 2.34 bits per heavy atom. The summed E-state index contributed by atoms with van der Waals surface area (Å²) in [5, 5.41) is 5.70. The van der Waals surface area contributed by atoms with Crippen LogP contribution >= 0.6 is 56.8 Å². The molecule has 0 aliphatic carbocycles. The first-order chi connectivity index (χ1) is 18.5. The van der Waals surface area contributed by atoms with Gasteiger partial charge < -0.3 is 4.74 Å². The van der Waals surface area contributed by atoms with Crippen LogP contribution in [-0.2, 0) is 6.61 Å². The summed E-state index contributed by atoms with van der Waals surface area (Å²) in [5.41, 5.74) is 7.51. The molecule has 0 atom stereocenters. The number of hydrogen-bond acceptors (Lipinski definition) is 4. The molecule has 0 bridgehead atoms. The first kappa shape index (κ1) is 26.6. The van der Waals surface area contributed by atoms with Crippen molar-refractivity contribution in [1.29, 1.82) is 0 Å². The summed E-state index contributed by atoms with van der Waals surface area (Å²) >= 11 is 10.5. The lowest BCUT2D eigenvalue weighted by Gasteiger charge is -2.11. The van der Waals surface area contributed by atoms with Crippen LogP contribution in [0.3, 0.4) is 0 Å². The molecule has 0 unspecified atom stereocenters. The van der Waals surface area contributed by atoms with Crippen LogP contribution in [0, 0.1) is 7.14 Å². The van der Waals surface area contributed by atoms with E-state index in [9.17, 15) is 4.79 Å². The number of carbonyl (C=O) groups excluding carboxylic acids is 1. The minimum absolute atomic E-state index is 0.302. The van der Waals surface area contributed by atoms with Crippen molar-refractivity contribution in [3.63, 3.8) is 0 Å². The van der Waals surface area contributed by atoms with Crippen LogP contribution in [0.5, 0.6) is 5.75 Å². The van der Waals surface area contributed by atoms with E-state index in [-0.39, 0.29) is 5.91 Å². The zero-order valence-corrected chi connectivity index (χ0v) is 24.9. The highest BCUT2D eigenvalue weighted by atomic mass is 127. The predicted octanol–water partition coefficient (Wildman–Crippen LogP) is 8.11. The van der Waals surface area contributed by atoms with E-state index in [4.69, 9.17) is 21.3 Å². The van der Waals surface area contributed by atoms with Gasteiger partial charge >= 0.3 is 0 Å². The SMILES string of the molecule is O=C(N/N=C/c1cc(I)c(OCc2ccc(Cl)cc2)c(I)c1)c1cc(-c2ccccc2)nc2ccccc12. The van der Waals surface area contributed by atoms with Crippen molar-refractivity contribution in [2.24, 2.45) is 5.10 Å². The van der Waals surface area contributed by atoms with Gasteiger partial charge in [-0.1, -0.05) is 72.3 Å². The Balaban J connectivity index is 1.32. The van der Waals surface area contributed by atoms with Gasteiger partial charge in [-0.05, 0) is 92.7 Å². The number of nitrogens with zero attached hydrogens (tertiary/aromatic N) is 2. The van der Waals surface area contributed by atoms with Gasteiger partial charge in [-0.15, -0.1) is 0 Å². The third-order valence-electron chi connectivity index (χ3n) is 5.73. The number of aromatic nitrogens is 1. The Hall–Kier alpha value is -3.02. The number of benzene rings is 4. The van der Waals surface area contributed by atoms with Crippen molar-refractivity contribution < 1.29 is 9.53 Å². The summed E-state index contributed by atoms with van der Waals surface area (Å²) in [4.78, 5) is 17.9. The number of rotatable bonds is 7. The first-order valence-corrected chi connectivity index (χ1v) is 14.2. The summed E-state index contributed by atoms with van der Waals surface area (Å²) < 4.78 is 7.96. The zero-order chi connectivity index (χ0) is 26.5. The highest BCUT2D eigenvalue weighted by Crippen LogP contribution is 2.30. The Labute approximate surface area is 252 Å². The summed E-state index contributed by atoms with van der Waals surface area (Å²) in [6.07, 6.45) is 1.63. The monoisotopic (exact) mass is 743 g/mol. The molecule has 0 fully saturated rings. The fraction of sp³-hybridized carbons (Fsp3) is 0.0333. The highest BCUT2D eigenvalue weighted by molar-refractivity contribution is 14.1. The number of ether oxygens (including phenoxy) is 1. The molecule has 8 heteroatoms. The molecule has 188 valence electrons. The predicted molar refractivity (Wildman–Crippen MR) is 170 cm³/mol. The van der Waals surface area contributed by atoms with Gasteiger partial charge in [-0.25, -0.2) is 10.4 Å². The molecule has 1 aromatic heterocycles. The first-order valence-electron chi connectivity index (χ1n) is 11.6. The molecule has 0 aliphatic rings. The van der Waals surface area contributed by atoms with Crippen LogP contribution in [-0.4, -0.2) is 17.1 Å². The third-order valence-corrected chi connectivity index (χ3v) is 7.58. The van der Waals surface area contributed by atoms with Gasteiger partial charge in [0.25, 0.3) is 5.91 Å². The Morgan fingerprint density at radius 1 is 0.921 bits per heavy atom. The van der Waals surface area contributed by atoms with Crippen LogP contribution < -0.4 is 10.2 Å². The maximum atomic E-state index is 13.2. The second-order valence-electron chi connectivity index (χ2n) is 8.37. The average molecular weight is 744 g/mol. The normalized spacial score (nSPS) is 11.1. The van der Waals surface area contributed by atoms with Gasteiger partial charge in [0.05, 0.1) is 30.1 Å². The second-order valence-corrected chi connectivity index (χ2v) is 11.1. The number of halogens is 3. The smallest absolute Gasteiger partial charge is 0.272 e. The van der Waals surface area contributed by atoms with Gasteiger partial charge in [0.1, 0.15) is 12.4 Å². The molecule has 5 aromatic rings. The highest BCUT2D eigenvalue weighted by Gasteiger charge is 2.14. The van der Waals surface area contributed by atoms with E-state index in [1.807, 2.05) is 91.0 Å². The molecule has 0 saturated heterocycles. The van der Waals surface area contributed by atoms with Crippen LogP contribution in [0.1, 0.15) is 21.5 Å². The van der Waals surface area contributed by atoms with E-state index in [2.05, 4.69) is 55.7 Å². The summed E-state index contributed by atoms with van der Waals surface area (Å²) in [5.74, 6) is 0.503. The third kappa shape index (κ3) is 6.33. The zero-order valence-electron chi connectivity index (χ0n) is 19.9. The molecule has 0 radical (unpaired) electrons. The van der Waals surface area contributed by atoms with E-state index in [1.54, 1.807) is 12.3 Å². The van der Waals surface area contributed by atoms with E-state index >= 15 is 0 Å². The molecule has 1 N–H and O–H groups in total. The van der Waals surface area contributed by atoms with Crippen molar-refractivity contribution in [3.05, 3.63) is 126 Å². The minimum Gasteiger partial charge on any atom is -0.487 e. The van der Waals surface area contributed by atoms with Crippen molar-refractivity contribution >= 4 is 79.8 Å². The summed E-state index contributed by atoms with van der Waals surface area (Å²) in [6, 6.07) is 30.7. The lowest BCUT2D eigenvalue weighted by Crippen LogP contribution is -2.18. The number of hydrogen-bond donors (Lipinski definition) is 1. The summed E-state index contributed by atoms with van der Waals surface area (Å²) in [7, 11) is 0. The number of amides is 1. The van der Waals surface area contributed by atoms with Crippen molar-refractivity contribution in [2.45, 2.75) is 6.61 Å². The van der Waals surface area contributed by atoms with Gasteiger partial charge in [0, 0.05) is 16.0 Å². The van der Waals surface area contributed by atoms with Crippen LogP contribution in [0.25, 0.3) is 22.2 Å². The van der Waals surface area contributed by atoms with E-state index in [1.165, 1.54) is 0 Å². The topological polar surface area (TPSA) is 63.6 Å². The van der Waals surface area contributed by atoms with Gasteiger partial charge in [0.2, 0.25) is 0 Å². The minimum atomic E-state index is -0.302. The molecular weight excluding hydrogens is 724 g/mol. The standard InChI is InChI=1S/C30H20ClI2N3O2/c31-22-12-10-19(11-13-22)18-38-29-25(32)14-20(15-26(29)33)17-34-36-30(37)24-16-28(21-6-2-1-3-7-21)35-27-9-5-4-8-23(24)27/h1-17H,18H2,(H,36,37)/b34-17+. The maximum Gasteiger partial charge on any atom is 0.272 e. The fourth-order valence-corrected chi connectivity index (χ4v) is 6.13. The van der Waals surface area contributed by atoms with Gasteiger partial charge in [-0.2, -0.15) is 5.10 Å². The molecule has 1 heterocycles. The van der Waals surface area contributed by atoms with Crippen molar-refractivity contribution in [1.82, 2.24) is 10.4 Å². The molecule has 1 amide bonds. The van der Waals surface area contributed by atoms with E-state index in [0.29, 0.717) is 17.2 Å². The van der Waals surface area contributed by atoms with E-state index < -0.39 is 0 Å². The summed E-state index contributed by atoms with van der Waals surface area (Å²) in [6.45, 7) is 0.442. The number of fused-ring (bicyclic) bond motifs is 1. The van der Waals surface area contributed by atoms with Gasteiger partial charge in [0.15, 0.2) is 0 Å². The average Bonchev–Trinajstić information content (AvgIpc) is 2.93. The van der Waals surface area contributed by atoms with E-state index in [0.717, 1.165) is 46.2 Å². The molecular formula is C30H20ClI2N3O2. The van der Waals surface area contributed by atoms with Crippen LogP contribution in [0.2, 0.25) is 5.02 Å².